The molecule has 0 atom stereocenters. The minimum Gasteiger partial charge on any atom is -0.456 e. The molecule has 9 aromatic rings. The second kappa shape index (κ2) is 10.2. The molecule has 0 aliphatic rings. The summed E-state index contributed by atoms with van der Waals surface area (Å²) in [6, 6.07) is 64.1. The minimum atomic E-state index is -2.69. The van der Waals surface area contributed by atoms with Crippen molar-refractivity contribution in [2.45, 2.75) is 0 Å². The molecule has 0 saturated heterocycles. The van der Waals surface area contributed by atoms with Crippen LogP contribution < -0.4 is 20.7 Å². The number of fused-ring (bicyclic) bond motifs is 7. The van der Waals surface area contributed by atoms with Gasteiger partial charge in [-0.1, -0.05) is 140 Å². The van der Waals surface area contributed by atoms with Gasteiger partial charge >= 0.3 is 0 Å². The first-order valence-corrected chi connectivity index (χ1v) is 17.4. The molecule has 0 aliphatic heterocycles. The molecule has 0 unspecified atom stereocenters. The van der Waals surface area contributed by atoms with Crippen molar-refractivity contribution >= 4 is 72.6 Å². The van der Waals surface area contributed by atoms with Crippen LogP contribution in [0, 0.1) is 0 Å². The minimum absolute atomic E-state index is 0.908. The van der Waals surface area contributed by atoms with Crippen LogP contribution in [0.3, 0.4) is 0 Å². The molecule has 0 radical (unpaired) electrons. The van der Waals surface area contributed by atoms with E-state index in [-0.39, 0.29) is 0 Å². The maximum atomic E-state index is 6.39. The van der Waals surface area contributed by atoms with E-state index < -0.39 is 8.07 Å². The first-order valence-electron chi connectivity index (χ1n) is 15.4. The quantitative estimate of drug-likeness (QED) is 0.146. The van der Waals surface area contributed by atoms with E-state index in [4.69, 9.17) is 4.42 Å². The monoisotopic (exact) mass is 591 g/mol. The number of hydrogen-bond acceptors (Lipinski definition) is 1. The molecule has 212 valence electrons. The van der Waals surface area contributed by atoms with Crippen LogP contribution in [-0.4, -0.2) is 12.6 Å². The molecule has 9 rings (SSSR count). The first-order chi connectivity index (χ1) is 22.3. The Hall–Kier alpha value is -5.64. The average molecular weight is 592 g/mol. The Morgan fingerprint density at radius 2 is 0.956 bits per heavy atom. The molecule has 2 heterocycles. The number of hydrogen-bond donors (Lipinski definition) is 0. The Bertz CT molecular complexity index is 2370. The lowest BCUT2D eigenvalue weighted by Gasteiger charge is -2.34. The third kappa shape index (κ3) is 3.81. The van der Waals surface area contributed by atoms with E-state index in [2.05, 4.69) is 174 Å². The molecule has 0 fully saturated rings. The van der Waals surface area contributed by atoms with Crippen molar-refractivity contribution in [1.82, 2.24) is 4.57 Å². The summed E-state index contributed by atoms with van der Waals surface area (Å²) in [5, 5.41) is 10.3. The van der Waals surface area contributed by atoms with Crippen LogP contribution in [0.2, 0.25) is 0 Å². The Kier molecular flexibility index (Phi) is 5.87. The van der Waals surface area contributed by atoms with Gasteiger partial charge in [0.05, 0.1) is 16.4 Å². The van der Waals surface area contributed by atoms with Crippen molar-refractivity contribution in [2.75, 3.05) is 0 Å². The lowest BCUT2D eigenvalue weighted by atomic mass is 10.1. The van der Waals surface area contributed by atoms with Crippen LogP contribution in [0.5, 0.6) is 0 Å². The first kappa shape index (κ1) is 25.8. The molecule has 0 N–H and O–H groups in total. The van der Waals surface area contributed by atoms with Gasteiger partial charge in [0.1, 0.15) is 11.2 Å². The lowest BCUT2D eigenvalue weighted by Crippen LogP contribution is -2.74. The molecule has 7 aromatic carbocycles. The molecular weight excluding hydrogens is 563 g/mol. The predicted molar refractivity (Wildman–Crippen MR) is 192 cm³/mol. The average Bonchev–Trinajstić information content (AvgIpc) is 3.66. The van der Waals surface area contributed by atoms with Gasteiger partial charge < -0.3 is 8.98 Å². The van der Waals surface area contributed by atoms with E-state index in [0.29, 0.717) is 0 Å². The van der Waals surface area contributed by atoms with Gasteiger partial charge in [0.25, 0.3) is 0 Å². The summed E-state index contributed by atoms with van der Waals surface area (Å²) in [7, 11) is -2.69. The van der Waals surface area contributed by atoms with Crippen LogP contribution in [0.15, 0.2) is 180 Å². The van der Waals surface area contributed by atoms with Crippen LogP contribution in [0.25, 0.3) is 49.4 Å². The van der Waals surface area contributed by atoms with Crippen LogP contribution in [-0.2, 0) is 0 Å². The highest BCUT2D eigenvalue weighted by atomic mass is 28.3. The van der Waals surface area contributed by atoms with Crippen molar-refractivity contribution in [1.29, 1.82) is 0 Å². The van der Waals surface area contributed by atoms with Crippen molar-refractivity contribution in [3.05, 3.63) is 176 Å². The molecule has 3 heteroatoms. The van der Waals surface area contributed by atoms with Gasteiger partial charge in [0.15, 0.2) is 8.07 Å². The normalized spacial score (nSPS) is 12.0. The van der Waals surface area contributed by atoms with Gasteiger partial charge in [-0.25, -0.2) is 0 Å². The largest absolute Gasteiger partial charge is 0.456 e. The van der Waals surface area contributed by atoms with Gasteiger partial charge in [0, 0.05) is 21.8 Å². The van der Waals surface area contributed by atoms with Crippen LogP contribution >= 0.6 is 0 Å². The van der Waals surface area contributed by atoms with E-state index in [0.717, 1.165) is 27.6 Å². The Balaban J connectivity index is 1.45. The lowest BCUT2D eigenvalue weighted by molar-refractivity contribution is 0.669. The van der Waals surface area contributed by atoms with Gasteiger partial charge in [-0.3, -0.25) is 0 Å². The SMILES string of the molecule is c1ccc(-n2c3ccc([Si](c4ccccc4)(c4ccccc4)c4ccccc4)cc3c3ccc4oc5ccccc5c4c32)cc1. The van der Waals surface area contributed by atoms with Crippen molar-refractivity contribution in [2.24, 2.45) is 0 Å². The fourth-order valence-corrected chi connectivity index (χ4v) is 12.2. The zero-order chi connectivity index (χ0) is 29.8. The van der Waals surface area contributed by atoms with Gasteiger partial charge in [-0.05, 0) is 57.1 Å². The molecule has 2 nitrogen and oxygen atoms in total. The molecule has 45 heavy (non-hydrogen) atoms. The summed E-state index contributed by atoms with van der Waals surface area (Å²) in [5.41, 5.74) is 5.33. The van der Waals surface area contributed by atoms with Crippen molar-refractivity contribution < 1.29 is 4.42 Å². The fourth-order valence-electron chi connectivity index (χ4n) is 7.46. The Morgan fingerprint density at radius 1 is 0.400 bits per heavy atom. The third-order valence-electron chi connectivity index (χ3n) is 9.34. The maximum absolute atomic E-state index is 6.39. The second-order valence-corrected chi connectivity index (χ2v) is 15.5. The number of aromatic nitrogens is 1. The Morgan fingerprint density at radius 3 is 1.58 bits per heavy atom. The molecule has 2 aromatic heterocycles. The van der Waals surface area contributed by atoms with Crippen LogP contribution in [0.4, 0.5) is 0 Å². The zero-order valence-corrected chi connectivity index (χ0v) is 25.6. The summed E-state index contributed by atoms with van der Waals surface area (Å²) < 4.78 is 8.82. The van der Waals surface area contributed by atoms with Gasteiger partial charge in [0.2, 0.25) is 0 Å². The summed E-state index contributed by atoms with van der Waals surface area (Å²) >= 11 is 0. The second-order valence-electron chi connectivity index (χ2n) is 11.7. The van der Waals surface area contributed by atoms with Crippen LogP contribution in [0.1, 0.15) is 0 Å². The zero-order valence-electron chi connectivity index (χ0n) is 24.6. The summed E-state index contributed by atoms with van der Waals surface area (Å²) in [6.07, 6.45) is 0. The van der Waals surface area contributed by atoms with E-state index in [1.165, 1.54) is 42.6 Å². The third-order valence-corrected chi connectivity index (χ3v) is 14.1. The number of benzene rings is 7. The van der Waals surface area contributed by atoms with Gasteiger partial charge in [-0.15, -0.1) is 0 Å². The maximum Gasteiger partial charge on any atom is 0.179 e. The highest BCUT2D eigenvalue weighted by Crippen LogP contribution is 2.40. The summed E-state index contributed by atoms with van der Waals surface area (Å²) in [6.45, 7) is 0. The number of rotatable bonds is 5. The highest BCUT2D eigenvalue weighted by molar-refractivity contribution is 7.20. The summed E-state index contributed by atoms with van der Waals surface area (Å²) in [5.74, 6) is 0. The number of nitrogens with zero attached hydrogens (tertiary/aromatic N) is 1. The highest BCUT2D eigenvalue weighted by Gasteiger charge is 2.41. The van der Waals surface area contributed by atoms with Crippen molar-refractivity contribution in [3.8, 4) is 5.69 Å². The smallest absolute Gasteiger partial charge is 0.179 e. The molecule has 0 amide bonds. The van der Waals surface area contributed by atoms with E-state index >= 15 is 0 Å². The Labute approximate surface area is 262 Å². The van der Waals surface area contributed by atoms with E-state index in [1.54, 1.807) is 0 Å². The molecule has 0 saturated carbocycles. The molecule has 0 bridgehead atoms. The molecule has 0 spiro atoms. The van der Waals surface area contributed by atoms with E-state index in [1.807, 2.05) is 6.07 Å². The standard InChI is InChI=1S/C42H29NOSi/c1-5-15-30(16-6-1)43-38-27-25-34(29-37(38)35-26-28-40-41(42(35)43)36-23-13-14-24-39(36)44-40)45(31-17-7-2-8-18-31,32-19-9-3-10-20-32)33-21-11-4-12-22-33/h1-29H. The van der Waals surface area contributed by atoms with E-state index in [9.17, 15) is 0 Å². The molecular formula is C42H29NOSi. The summed E-state index contributed by atoms with van der Waals surface area (Å²) in [4.78, 5) is 0. The number of furan rings is 1. The number of para-hydroxylation sites is 2. The fraction of sp³-hybridized carbons (Fsp3) is 0. The topological polar surface area (TPSA) is 18.1 Å². The van der Waals surface area contributed by atoms with Gasteiger partial charge in [-0.2, -0.15) is 0 Å². The van der Waals surface area contributed by atoms with Crippen molar-refractivity contribution in [3.63, 3.8) is 0 Å². The molecule has 0 aliphatic carbocycles. The predicted octanol–water partition coefficient (Wildman–Crippen LogP) is 8.06.